The van der Waals surface area contributed by atoms with E-state index in [9.17, 15) is 0 Å². The lowest BCUT2D eigenvalue weighted by atomic mass is 10.0. The molecule has 0 heterocycles. The Bertz CT molecular complexity index is 299. The molecular weight excluding hydrogens is 217 g/mol. The maximum absolute atomic E-state index is 6.00. The van der Waals surface area contributed by atoms with Crippen LogP contribution in [0.5, 0.6) is 0 Å². The van der Waals surface area contributed by atoms with Gasteiger partial charge in [-0.05, 0) is 24.1 Å². The van der Waals surface area contributed by atoms with Crippen LogP contribution in [0.3, 0.4) is 0 Å². The van der Waals surface area contributed by atoms with Gasteiger partial charge in [0.2, 0.25) is 0 Å². The predicted octanol–water partition coefficient (Wildman–Crippen LogP) is 4.18. The first-order chi connectivity index (χ1) is 6.65. The average Bonchev–Trinajstić information content (AvgIpc) is 2.18. The Morgan fingerprint density at radius 2 is 2.00 bits per heavy atom. The molecule has 0 bridgehead atoms. The Hall–Kier alpha value is -0.240. The van der Waals surface area contributed by atoms with Crippen LogP contribution in [-0.4, -0.2) is 0 Å². The van der Waals surface area contributed by atoms with Gasteiger partial charge in [-0.2, -0.15) is 0 Å². The minimum atomic E-state index is 0.0738. The zero-order chi connectivity index (χ0) is 10.6. The van der Waals surface area contributed by atoms with Crippen molar-refractivity contribution in [3.8, 4) is 0 Å². The third-order valence-electron chi connectivity index (χ3n) is 2.24. The van der Waals surface area contributed by atoms with E-state index in [4.69, 9.17) is 28.9 Å². The van der Waals surface area contributed by atoms with Gasteiger partial charge in [-0.15, -0.1) is 0 Å². The van der Waals surface area contributed by atoms with Crippen LogP contribution >= 0.6 is 23.2 Å². The SMILES string of the molecule is CCCCC(N)c1ccc(Cl)c(Cl)c1. The molecular formula is C11H15Cl2N. The monoisotopic (exact) mass is 231 g/mol. The van der Waals surface area contributed by atoms with E-state index in [1.807, 2.05) is 12.1 Å². The molecule has 1 aromatic carbocycles. The van der Waals surface area contributed by atoms with Crippen LogP contribution in [0.1, 0.15) is 37.8 Å². The molecule has 0 saturated heterocycles. The van der Waals surface area contributed by atoms with Gasteiger partial charge in [0.05, 0.1) is 10.0 Å². The molecule has 1 unspecified atom stereocenters. The number of unbranched alkanes of at least 4 members (excludes halogenated alkanes) is 1. The lowest BCUT2D eigenvalue weighted by molar-refractivity contribution is 0.603. The first kappa shape index (κ1) is 11.8. The summed E-state index contributed by atoms with van der Waals surface area (Å²) in [6.07, 6.45) is 3.30. The summed E-state index contributed by atoms with van der Waals surface area (Å²) in [5.41, 5.74) is 7.06. The van der Waals surface area contributed by atoms with Gasteiger partial charge < -0.3 is 5.73 Å². The molecule has 14 heavy (non-hydrogen) atoms. The molecule has 0 radical (unpaired) electrons. The van der Waals surface area contributed by atoms with Gasteiger partial charge in [-0.3, -0.25) is 0 Å². The zero-order valence-electron chi connectivity index (χ0n) is 8.26. The summed E-state index contributed by atoms with van der Waals surface area (Å²) < 4.78 is 0. The summed E-state index contributed by atoms with van der Waals surface area (Å²) in [5.74, 6) is 0. The van der Waals surface area contributed by atoms with Crippen LogP contribution < -0.4 is 5.73 Å². The van der Waals surface area contributed by atoms with Crippen molar-refractivity contribution in [3.63, 3.8) is 0 Å². The molecule has 0 spiro atoms. The summed E-state index contributed by atoms with van der Waals surface area (Å²) in [6.45, 7) is 2.15. The summed E-state index contributed by atoms with van der Waals surface area (Å²) in [4.78, 5) is 0. The molecule has 0 saturated carbocycles. The van der Waals surface area contributed by atoms with E-state index >= 15 is 0 Å². The summed E-state index contributed by atoms with van der Waals surface area (Å²) >= 11 is 11.7. The van der Waals surface area contributed by atoms with Gasteiger partial charge in [0.25, 0.3) is 0 Å². The van der Waals surface area contributed by atoms with Crippen molar-refractivity contribution in [2.45, 2.75) is 32.2 Å². The molecule has 1 atom stereocenters. The maximum Gasteiger partial charge on any atom is 0.0595 e. The minimum Gasteiger partial charge on any atom is -0.324 e. The highest BCUT2D eigenvalue weighted by atomic mass is 35.5. The predicted molar refractivity (Wildman–Crippen MR) is 62.9 cm³/mol. The number of hydrogen-bond donors (Lipinski definition) is 1. The molecule has 2 N–H and O–H groups in total. The van der Waals surface area contributed by atoms with E-state index < -0.39 is 0 Å². The maximum atomic E-state index is 6.00. The largest absolute Gasteiger partial charge is 0.324 e. The van der Waals surface area contributed by atoms with E-state index in [0.717, 1.165) is 24.8 Å². The fourth-order valence-corrected chi connectivity index (χ4v) is 1.64. The molecule has 0 aromatic heterocycles. The van der Waals surface area contributed by atoms with E-state index in [1.165, 1.54) is 0 Å². The quantitative estimate of drug-likeness (QED) is 0.827. The van der Waals surface area contributed by atoms with E-state index in [-0.39, 0.29) is 6.04 Å². The first-order valence-corrected chi connectivity index (χ1v) is 5.61. The lowest BCUT2D eigenvalue weighted by Crippen LogP contribution is -2.09. The van der Waals surface area contributed by atoms with Crippen LogP contribution in [-0.2, 0) is 0 Å². The van der Waals surface area contributed by atoms with Crippen molar-refractivity contribution in [2.24, 2.45) is 5.73 Å². The van der Waals surface area contributed by atoms with Crippen LogP contribution in [0, 0.1) is 0 Å². The van der Waals surface area contributed by atoms with Gasteiger partial charge in [-0.25, -0.2) is 0 Å². The highest BCUT2D eigenvalue weighted by Crippen LogP contribution is 2.26. The average molecular weight is 232 g/mol. The molecule has 1 rings (SSSR count). The zero-order valence-corrected chi connectivity index (χ0v) is 9.78. The Morgan fingerprint density at radius 1 is 1.29 bits per heavy atom. The highest BCUT2D eigenvalue weighted by molar-refractivity contribution is 6.42. The van der Waals surface area contributed by atoms with E-state index in [1.54, 1.807) is 6.07 Å². The third-order valence-corrected chi connectivity index (χ3v) is 2.98. The Morgan fingerprint density at radius 3 is 2.57 bits per heavy atom. The fourth-order valence-electron chi connectivity index (χ4n) is 1.33. The Balaban J connectivity index is 2.70. The van der Waals surface area contributed by atoms with Gasteiger partial charge in [0.15, 0.2) is 0 Å². The summed E-state index contributed by atoms with van der Waals surface area (Å²) in [6, 6.07) is 5.66. The molecule has 0 aliphatic rings. The van der Waals surface area contributed by atoms with E-state index in [0.29, 0.717) is 10.0 Å². The first-order valence-electron chi connectivity index (χ1n) is 4.85. The van der Waals surface area contributed by atoms with Crippen LogP contribution in [0.15, 0.2) is 18.2 Å². The van der Waals surface area contributed by atoms with Crippen molar-refractivity contribution in [1.29, 1.82) is 0 Å². The number of halogens is 2. The number of benzene rings is 1. The molecule has 0 amide bonds. The minimum absolute atomic E-state index is 0.0738. The lowest BCUT2D eigenvalue weighted by Gasteiger charge is -2.11. The molecule has 1 nitrogen and oxygen atoms in total. The second-order valence-corrected chi connectivity index (χ2v) is 4.24. The van der Waals surface area contributed by atoms with Gasteiger partial charge in [-0.1, -0.05) is 49.0 Å². The Labute approximate surface area is 95.2 Å². The smallest absolute Gasteiger partial charge is 0.0595 e. The van der Waals surface area contributed by atoms with Crippen LogP contribution in [0.25, 0.3) is 0 Å². The van der Waals surface area contributed by atoms with Crippen molar-refractivity contribution >= 4 is 23.2 Å². The highest BCUT2D eigenvalue weighted by Gasteiger charge is 2.07. The second-order valence-electron chi connectivity index (χ2n) is 3.42. The summed E-state index contributed by atoms with van der Waals surface area (Å²) in [7, 11) is 0. The molecule has 0 aliphatic heterocycles. The molecule has 0 fully saturated rings. The van der Waals surface area contributed by atoms with Crippen molar-refractivity contribution in [3.05, 3.63) is 33.8 Å². The third kappa shape index (κ3) is 3.16. The standard InChI is InChI=1S/C11H15Cl2N/c1-2-3-4-11(14)8-5-6-9(12)10(13)7-8/h5-7,11H,2-4,14H2,1H3. The van der Waals surface area contributed by atoms with Crippen LogP contribution in [0.2, 0.25) is 10.0 Å². The van der Waals surface area contributed by atoms with Crippen molar-refractivity contribution < 1.29 is 0 Å². The fraction of sp³-hybridized carbons (Fsp3) is 0.455. The van der Waals surface area contributed by atoms with Crippen molar-refractivity contribution in [1.82, 2.24) is 0 Å². The van der Waals surface area contributed by atoms with Gasteiger partial charge >= 0.3 is 0 Å². The number of hydrogen-bond acceptors (Lipinski definition) is 1. The topological polar surface area (TPSA) is 26.0 Å². The van der Waals surface area contributed by atoms with Crippen molar-refractivity contribution in [2.75, 3.05) is 0 Å². The molecule has 0 aliphatic carbocycles. The van der Waals surface area contributed by atoms with Crippen LogP contribution in [0.4, 0.5) is 0 Å². The normalized spacial score (nSPS) is 12.9. The molecule has 78 valence electrons. The van der Waals surface area contributed by atoms with Gasteiger partial charge in [0.1, 0.15) is 0 Å². The molecule has 3 heteroatoms. The van der Waals surface area contributed by atoms with Gasteiger partial charge in [0, 0.05) is 6.04 Å². The number of rotatable bonds is 4. The molecule has 1 aromatic rings. The number of nitrogens with two attached hydrogens (primary N) is 1. The van der Waals surface area contributed by atoms with E-state index in [2.05, 4.69) is 6.92 Å². The Kier molecular flexibility index (Phi) is 4.73. The summed E-state index contributed by atoms with van der Waals surface area (Å²) in [5, 5.41) is 1.16. The second kappa shape index (κ2) is 5.59.